The first-order valence-corrected chi connectivity index (χ1v) is 25.9. The summed E-state index contributed by atoms with van der Waals surface area (Å²) in [5.41, 5.74) is 7.98. The van der Waals surface area contributed by atoms with Gasteiger partial charge in [0, 0.05) is 30.4 Å². The largest absolute Gasteiger partial charge is 0.301 e. The summed E-state index contributed by atoms with van der Waals surface area (Å²) in [6.45, 7) is 0. The van der Waals surface area contributed by atoms with E-state index in [4.69, 9.17) is 10.3 Å². The number of rotatable bonds is 1. The van der Waals surface area contributed by atoms with Crippen molar-refractivity contribution in [1.29, 1.82) is 0 Å². The molecule has 1 fully saturated rings. The van der Waals surface area contributed by atoms with E-state index in [1.165, 1.54) is 5.56 Å². The second-order valence-corrected chi connectivity index (χ2v) is 25.5. The molecular formula is C67H8N2. The van der Waals surface area contributed by atoms with Gasteiger partial charge in [0.1, 0.15) is 0 Å². The third-order valence-electron chi connectivity index (χ3n) is 25.4. The van der Waals surface area contributed by atoms with Gasteiger partial charge in [0.25, 0.3) is 0 Å². The molecule has 1 N–H and O–H groups in total. The maximum absolute atomic E-state index is 5.03. The molecule has 3 aliphatic carbocycles. The quantitative estimate of drug-likeness (QED) is 0.167. The SMILES string of the molecule is c1cncc(C2NC3c4c5c6c7c8c9c%10c%11c%12c(c%13c4c4c%14c5c5c6c6c8c8c%15c9c9c%11c%11c%12c%12c%13c%13c4c4c%14c%14c5c5c6c8c6c8c%15c9c9c%11c%11c%12c%13c%12c4c4c%14c5c6c5c8c9c%11c%12c45)C3C7%102)c1. The molecule has 0 saturated carbocycles. The van der Waals surface area contributed by atoms with Gasteiger partial charge in [0.05, 0.1) is 5.41 Å². The van der Waals surface area contributed by atoms with Gasteiger partial charge in [-0.1, -0.05) is 6.07 Å². The van der Waals surface area contributed by atoms with E-state index >= 15 is 0 Å². The highest BCUT2D eigenvalue weighted by atomic mass is 15.1. The van der Waals surface area contributed by atoms with E-state index in [0.717, 1.165) is 0 Å². The van der Waals surface area contributed by atoms with Crippen molar-refractivity contribution < 1.29 is 0 Å². The predicted octanol–water partition coefficient (Wildman–Crippen LogP) is 17.6. The van der Waals surface area contributed by atoms with Crippen molar-refractivity contribution in [2.45, 2.75) is 23.4 Å². The minimum absolute atomic E-state index is 0.0944. The highest BCUT2D eigenvalue weighted by Crippen LogP contribution is 2.85. The smallest absolute Gasteiger partial charge is 0.0510 e. The monoisotopic (exact) mass is 840 g/mol. The minimum Gasteiger partial charge on any atom is -0.301 e. The summed E-state index contributed by atoms with van der Waals surface area (Å²) in [6.07, 6.45) is 4.29. The molecule has 0 amide bonds. The number of nitrogens with zero attached hydrogens (tertiary/aromatic N) is 1. The average molecular weight is 841 g/mol. The molecule has 286 valence electrons. The molecule has 4 aliphatic rings. The van der Waals surface area contributed by atoms with E-state index < -0.39 is 0 Å². The summed E-state index contributed by atoms with van der Waals surface area (Å²) in [5, 5.41) is 94.5. The zero-order valence-electron chi connectivity index (χ0n) is 35.0. The summed E-state index contributed by atoms with van der Waals surface area (Å²) in [7, 11) is 0. The third-order valence-corrected chi connectivity index (χ3v) is 25.4. The van der Waals surface area contributed by atoms with Crippen molar-refractivity contribution in [3.63, 3.8) is 0 Å². The van der Waals surface area contributed by atoms with Crippen LogP contribution in [0, 0.1) is 0 Å². The van der Waals surface area contributed by atoms with Crippen molar-refractivity contribution in [2.75, 3.05) is 0 Å². The van der Waals surface area contributed by atoms with Crippen molar-refractivity contribution >= 4 is 291 Å². The molecule has 33 rings (SSSR count). The molecule has 0 radical (unpaired) electrons. The van der Waals surface area contributed by atoms with Crippen LogP contribution < -0.4 is 5.32 Å². The molecule has 2 heterocycles. The standard InChI is InChI=1S/C67H8N2/c1-2-5(4-68-3-1)66-67-62-56-48-41-28-20-13-7-6-8-11-16(13)26(28)34-31-18(11)19-12(8)17-14-9(6)15-10(7)21-24(20)36-38-30(21)33-23(15)25-22(14)29-27(17)35-32(19)40-39(31)50(46(34)48)59(62)60-51(40)47(35)49-42(29)45-37(25)43(33)53-52(38)58(54(56)44(36)41)64(67)65(69-66)61(53)55(45)57(49)63(60)67/h1-4,64-66,69H. The van der Waals surface area contributed by atoms with E-state index in [2.05, 4.69) is 18.3 Å². The molecule has 1 saturated heterocycles. The van der Waals surface area contributed by atoms with Crippen LogP contribution in [0.3, 0.4) is 0 Å². The van der Waals surface area contributed by atoms with Crippen LogP contribution in [-0.4, -0.2) is 4.98 Å². The van der Waals surface area contributed by atoms with E-state index in [-0.39, 0.29) is 23.4 Å². The van der Waals surface area contributed by atoms with Crippen molar-refractivity contribution in [2.24, 2.45) is 0 Å². The summed E-state index contributed by atoms with van der Waals surface area (Å²) in [4.78, 5) is 5.03. The van der Waals surface area contributed by atoms with E-state index in [9.17, 15) is 0 Å². The molecule has 1 aliphatic heterocycles. The Bertz CT molecular complexity index is 7530. The zero-order chi connectivity index (χ0) is 40.5. The summed E-state index contributed by atoms with van der Waals surface area (Å²) in [6, 6.07) is 4.99. The third kappa shape index (κ3) is 1.34. The second-order valence-electron chi connectivity index (χ2n) is 25.5. The van der Waals surface area contributed by atoms with E-state index in [1.54, 1.807) is 313 Å². The second kappa shape index (κ2) is 5.69. The maximum atomic E-state index is 5.03. The van der Waals surface area contributed by atoms with Gasteiger partial charge in [0.2, 0.25) is 0 Å². The lowest BCUT2D eigenvalue weighted by atomic mass is 9.56. The fourth-order valence-corrected chi connectivity index (χ4v) is 25.4. The molecule has 29 aromatic rings. The Balaban J connectivity index is 1.20. The zero-order valence-corrected chi connectivity index (χ0v) is 35.0. The van der Waals surface area contributed by atoms with Crippen LogP contribution >= 0.6 is 0 Å². The molecule has 2 nitrogen and oxygen atoms in total. The van der Waals surface area contributed by atoms with E-state index in [1.807, 2.05) is 6.20 Å². The van der Waals surface area contributed by atoms with Crippen molar-refractivity contribution in [1.82, 2.24) is 10.3 Å². The highest BCUT2D eigenvalue weighted by Gasteiger charge is 2.69. The van der Waals surface area contributed by atoms with Gasteiger partial charge in [-0.05, 0) is 325 Å². The van der Waals surface area contributed by atoms with Gasteiger partial charge >= 0.3 is 0 Å². The first kappa shape index (κ1) is 25.1. The number of pyridine rings is 1. The van der Waals surface area contributed by atoms with Gasteiger partial charge in [-0.15, -0.1) is 0 Å². The summed E-state index contributed by atoms with van der Waals surface area (Å²) >= 11 is 0. The lowest BCUT2D eigenvalue weighted by Crippen LogP contribution is -2.38. The molecule has 2 heteroatoms. The van der Waals surface area contributed by atoms with Crippen LogP contribution in [0.15, 0.2) is 24.5 Å². The fourth-order valence-electron chi connectivity index (χ4n) is 25.4. The molecule has 4 atom stereocenters. The lowest BCUT2D eigenvalue weighted by molar-refractivity contribution is 0.428. The Hall–Kier alpha value is -8.43. The first-order valence-electron chi connectivity index (χ1n) is 25.9. The summed E-state index contributed by atoms with van der Waals surface area (Å²) < 4.78 is 0. The number of aromatic nitrogens is 1. The topological polar surface area (TPSA) is 24.9 Å². The Morgan fingerprint density at radius 2 is 0.536 bits per heavy atom. The fraction of sp³-hybridized carbons (Fsp3) is 0.0597. The Morgan fingerprint density at radius 1 is 0.290 bits per heavy atom. The van der Waals surface area contributed by atoms with Gasteiger partial charge < -0.3 is 5.32 Å². The normalized spacial score (nSPS) is 23.8. The lowest BCUT2D eigenvalue weighted by Gasteiger charge is -2.44. The van der Waals surface area contributed by atoms with Crippen LogP contribution in [0.25, 0.3) is 291 Å². The van der Waals surface area contributed by atoms with Crippen LogP contribution in [-0.2, 0) is 5.41 Å². The van der Waals surface area contributed by atoms with Gasteiger partial charge in [-0.25, -0.2) is 0 Å². The van der Waals surface area contributed by atoms with Crippen LogP contribution in [0.4, 0.5) is 0 Å². The minimum atomic E-state index is -0.293. The molecule has 69 heavy (non-hydrogen) atoms. The van der Waals surface area contributed by atoms with Gasteiger partial charge in [-0.2, -0.15) is 0 Å². The highest BCUT2D eigenvalue weighted by molar-refractivity contribution is 6.82. The Morgan fingerprint density at radius 3 is 0.841 bits per heavy atom. The molecule has 1 aromatic heterocycles. The van der Waals surface area contributed by atoms with Crippen LogP contribution in [0.1, 0.15) is 45.8 Å². The molecular weight excluding hydrogens is 833 g/mol. The maximum Gasteiger partial charge on any atom is 0.0510 e. The van der Waals surface area contributed by atoms with Crippen molar-refractivity contribution in [3.05, 3.63) is 52.3 Å². The number of fused-ring (bicyclic) bond motifs is 4. The van der Waals surface area contributed by atoms with Crippen molar-refractivity contribution in [3.8, 4) is 0 Å². The predicted molar refractivity (Wildman–Crippen MR) is 289 cm³/mol. The Labute approximate surface area is 375 Å². The van der Waals surface area contributed by atoms with E-state index in [0.29, 0.717) is 0 Å². The number of benzene rings is 18. The molecule has 28 aromatic carbocycles. The first-order chi connectivity index (χ1) is 34.5. The number of nitrogens with one attached hydrogen (secondary N) is 1. The number of hydrogen-bond acceptors (Lipinski definition) is 2. The van der Waals surface area contributed by atoms with Gasteiger partial charge in [0.15, 0.2) is 0 Å². The molecule has 1 spiro atoms. The van der Waals surface area contributed by atoms with Gasteiger partial charge in [-0.3, -0.25) is 4.98 Å². The average Bonchev–Trinajstić information content (AvgIpc) is 4.31. The molecule has 4 unspecified atom stereocenters. The molecule has 0 bridgehead atoms. The number of hydrogen-bond donors (Lipinski definition) is 1. The summed E-state index contributed by atoms with van der Waals surface area (Å²) in [5.74, 6) is 0.286. The Kier molecular flexibility index (Phi) is 2.07. The van der Waals surface area contributed by atoms with Crippen LogP contribution in [0.2, 0.25) is 0 Å². The van der Waals surface area contributed by atoms with Crippen LogP contribution in [0.5, 0.6) is 0 Å².